The number of ether oxygens (including phenoxy) is 1. The van der Waals surface area contributed by atoms with Gasteiger partial charge in [0.05, 0.1) is 52.1 Å². The minimum atomic E-state index is -0.0472. The highest BCUT2D eigenvalue weighted by molar-refractivity contribution is 6.46. The van der Waals surface area contributed by atoms with Crippen LogP contribution in [0.25, 0.3) is 28.0 Å². The Morgan fingerprint density at radius 3 is 1.20 bits per heavy atom. The summed E-state index contributed by atoms with van der Waals surface area (Å²) in [7, 11) is 19.1. The van der Waals surface area contributed by atoms with Crippen molar-refractivity contribution < 1.29 is 23.9 Å². The van der Waals surface area contributed by atoms with Crippen LogP contribution in [-0.2, 0) is 7.05 Å². The van der Waals surface area contributed by atoms with Gasteiger partial charge in [-0.1, -0.05) is 133 Å². The molecule has 24 nitrogen and oxygen atoms in total. The van der Waals surface area contributed by atoms with Gasteiger partial charge in [-0.2, -0.15) is 10.2 Å². The predicted molar refractivity (Wildman–Crippen MR) is 448 cm³/mol. The molecule has 6 aliphatic heterocycles. The van der Waals surface area contributed by atoms with Crippen molar-refractivity contribution in [2.45, 2.75) is 33.7 Å². The number of rotatable bonds is 7. The molecule has 9 aromatic rings. The van der Waals surface area contributed by atoms with Gasteiger partial charge in [-0.3, -0.25) is 28.8 Å². The highest BCUT2D eigenvalue weighted by Crippen LogP contribution is 2.43. The molecule has 113 heavy (non-hydrogen) atoms. The van der Waals surface area contributed by atoms with Gasteiger partial charge in [0, 0.05) is 176 Å². The molecule has 24 heteroatoms. The Balaban J connectivity index is 0.000000114. The fraction of sp³-hybridized carbons (Fsp3) is 0.236. The SMILES string of the molecule is CC(C)N1CCN(c2ccc(C3=C4N=C(N(C)C)N=C4c4ccccc4C3=O)cc2)CC1.CN(C)C1=NC2=C(c3ccc4c(c3)OCCN4C)C(=O)c3ccccc3C2=N1.Cc1c(C2=C3N=C(N(C)C)N=C3c3ccccc3C2=O)cnn1-c1ccccc1.Cc1nn(C)cc1C1=C2N=C(N(C)C)N=C2c2ccccc2C1=O. The predicted octanol–water partition coefficient (Wildman–Crippen LogP) is 12.0. The van der Waals surface area contributed by atoms with E-state index in [1.165, 1.54) is 5.69 Å². The first kappa shape index (κ1) is 73.7. The maximum atomic E-state index is 13.5. The van der Waals surface area contributed by atoms with Crippen molar-refractivity contribution in [3.05, 3.63) is 283 Å². The van der Waals surface area contributed by atoms with Gasteiger partial charge in [-0.05, 0) is 75.2 Å². The Hall–Kier alpha value is -13.5. The summed E-state index contributed by atoms with van der Waals surface area (Å²) in [6, 6.07) is 55.2. The Labute approximate surface area is 656 Å². The molecule has 0 bridgehead atoms. The van der Waals surface area contributed by atoms with Crippen molar-refractivity contribution >= 4 is 103 Å². The van der Waals surface area contributed by atoms with Crippen LogP contribution in [0.15, 0.2) is 245 Å². The molecule has 0 unspecified atom stereocenters. The van der Waals surface area contributed by atoms with Crippen molar-refractivity contribution in [3.8, 4) is 11.4 Å². The van der Waals surface area contributed by atoms with Crippen molar-refractivity contribution in [1.29, 1.82) is 0 Å². The van der Waals surface area contributed by atoms with Crippen LogP contribution in [0.4, 0.5) is 11.4 Å². The summed E-state index contributed by atoms with van der Waals surface area (Å²) in [5.74, 6) is 3.10. The number of benzene rings is 7. The molecule has 566 valence electrons. The zero-order valence-electron chi connectivity index (χ0n) is 65.7. The fourth-order valence-corrected chi connectivity index (χ4v) is 15.3. The molecular formula is C89H85N19O5. The molecule has 0 atom stereocenters. The van der Waals surface area contributed by atoms with Crippen LogP contribution in [0.1, 0.15) is 111 Å². The average molecular weight is 1500 g/mol. The highest BCUT2D eigenvalue weighted by atomic mass is 16.5. The van der Waals surface area contributed by atoms with E-state index in [0.717, 1.165) is 129 Å². The van der Waals surface area contributed by atoms with E-state index in [1.807, 2.05) is 260 Å². The van der Waals surface area contributed by atoms with Gasteiger partial charge in [0.15, 0.2) is 23.1 Å². The van der Waals surface area contributed by atoms with Crippen LogP contribution in [0.5, 0.6) is 5.75 Å². The first-order chi connectivity index (χ1) is 54.5. The lowest BCUT2D eigenvalue weighted by atomic mass is 9.84. The van der Waals surface area contributed by atoms with Crippen molar-refractivity contribution in [2.24, 2.45) is 47.0 Å². The van der Waals surface area contributed by atoms with Crippen LogP contribution < -0.4 is 14.5 Å². The second-order valence-corrected chi connectivity index (χ2v) is 29.8. The molecule has 19 rings (SSSR count). The number of aryl methyl sites for hydroxylation is 2. The molecule has 1 saturated heterocycles. The van der Waals surface area contributed by atoms with E-state index in [9.17, 15) is 19.2 Å². The van der Waals surface area contributed by atoms with Crippen molar-refractivity contribution in [2.75, 3.05) is 113 Å². The smallest absolute Gasteiger partial charge is 0.226 e. The van der Waals surface area contributed by atoms with Crippen molar-refractivity contribution in [1.82, 2.24) is 44.1 Å². The maximum Gasteiger partial charge on any atom is 0.226 e. The molecule has 2 aromatic heterocycles. The molecule has 1 fully saturated rings. The van der Waals surface area contributed by atoms with Gasteiger partial charge < -0.3 is 34.1 Å². The number of Topliss-reactive ketones (excluding diaryl/α,β-unsaturated/α-hetero) is 4. The molecule has 0 N–H and O–H groups in total. The van der Waals surface area contributed by atoms with E-state index < -0.39 is 0 Å². The number of aliphatic imine (C=N–C) groups is 8. The lowest BCUT2D eigenvalue weighted by Crippen LogP contribution is -2.48. The third-order valence-corrected chi connectivity index (χ3v) is 21.2. The first-order valence-corrected chi connectivity index (χ1v) is 37.6. The Morgan fingerprint density at radius 2 is 0.788 bits per heavy atom. The number of carbonyl (C=O) groups is 4. The second-order valence-electron chi connectivity index (χ2n) is 29.8. The molecule has 10 aliphatic rings. The number of carbonyl (C=O) groups excluding carboxylic acids is 4. The summed E-state index contributed by atoms with van der Waals surface area (Å²) in [5, 5.41) is 8.93. The topological polar surface area (TPSA) is 235 Å². The molecule has 0 radical (unpaired) electrons. The number of likely N-dealkylation sites (N-methyl/N-ethyl adjacent to an activating group) is 1. The standard InChI is InChI=1S/C26H29N5O.C23H19N5O.C22H20N4O2.C18H17N5O/c1-17(2)30-13-15-31(16-14-30)19-11-9-18(10-12-19)22-24-23(27-26(28-24)29(3)4)20-7-5-6-8-21(20)25(22)32;1-14-18(13-24-28(14)15-9-5-4-6-10-15)19-21-20(25-23(26-21)27(2)3)16-11-7-8-12-17(16)22(19)29;1-25(2)22-23-19-14-6-4-5-7-15(14)21(27)18(20(19)24-22)13-8-9-16-17(12-13)28-11-10-26(16)3;1-10-13(9-23(4)21-10)14-16-15(19-18(20-16)22(2)3)11-7-5-6-8-12(11)17(14)24/h5-12,17H,13-16H2,1-4H3;4-13H,1-3H3;4-9,12H,10-11H2,1-3H3;5-9H,1-4H3. The highest BCUT2D eigenvalue weighted by Gasteiger charge is 2.41. The summed E-state index contributed by atoms with van der Waals surface area (Å²) in [6.45, 7) is 14.0. The zero-order chi connectivity index (χ0) is 78.9. The Morgan fingerprint density at radius 1 is 0.398 bits per heavy atom. The third kappa shape index (κ3) is 13.3. The number of hydrogen-bond acceptors (Lipinski definition) is 22. The molecular weight excluding hydrogens is 1420 g/mol. The number of guanidine groups is 4. The summed E-state index contributed by atoms with van der Waals surface area (Å²) in [5.41, 5.74) is 22.1. The fourth-order valence-electron chi connectivity index (χ4n) is 15.3. The van der Waals surface area contributed by atoms with E-state index in [0.29, 0.717) is 104 Å². The minimum Gasteiger partial charge on any atom is -0.490 e. The normalized spacial score (nSPS) is 16.8. The summed E-state index contributed by atoms with van der Waals surface area (Å²) in [6.07, 6.45) is 3.61. The van der Waals surface area contributed by atoms with Gasteiger partial charge in [-0.15, -0.1) is 0 Å². The summed E-state index contributed by atoms with van der Waals surface area (Å²) >= 11 is 0. The zero-order valence-corrected chi connectivity index (χ0v) is 65.7. The number of hydrogen-bond donors (Lipinski definition) is 0. The third-order valence-electron chi connectivity index (χ3n) is 21.2. The summed E-state index contributed by atoms with van der Waals surface area (Å²) < 4.78 is 9.41. The number of fused-ring (bicyclic) bond motifs is 13. The first-order valence-electron chi connectivity index (χ1n) is 37.6. The maximum absolute atomic E-state index is 13.5. The van der Waals surface area contributed by atoms with E-state index in [4.69, 9.17) is 34.7 Å². The van der Waals surface area contributed by atoms with Gasteiger partial charge in [0.1, 0.15) is 58.0 Å². The Kier molecular flexibility index (Phi) is 19.4. The number of anilines is 2. The van der Waals surface area contributed by atoms with E-state index in [-0.39, 0.29) is 23.1 Å². The van der Waals surface area contributed by atoms with Crippen LogP contribution >= 0.6 is 0 Å². The molecule has 4 aliphatic carbocycles. The average Bonchev–Trinajstić information content (AvgIpc) is 1.76. The second kappa shape index (κ2) is 29.7. The van der Waals surface area contributed by atoms with Gasteiger partial charge in [0.25, 0.3) is 0 Å². The minimum absolute atomic E-state index is 0.0107. The van der Waals surface area contributed by atoms with Crippen LogP contribution in [0.3, 0.4) is 0 Å². The quantitative estimate of drug-likeness (QED) is 0.144. The van der Waals surface area contributed by atoms with Gasteiger partial charge in [0.2, 0.25) is 23.8 Å². The van der Waals surface area contributed by atoms with E-state index >= 15 is 0 Å². The van der Waals surface area contributed by atoms with Crippen LogP contribution in [0.2, 0.25) is 0 Å². The number of piperazine rings is 1. The summed E-state index contributed by atoms with van der Waals surface area (Å²) in [4.78, 5) is 106. The number of nitrogens with zero attached hydrogens (tertiary/aromatic N) is 19. The number of allylic oxidation sites excluding steroid dienone is 8. The largest absolute Gasteiger partial charge is 0.490 e. The van der Waals surface area contributed by atoms with E-state index in [1.54, 1.807) is 10.9 Å². The van der Waals surface area contributed by atoms with Crippen LogP contribution in [-0.4, -0.2) is 223 Å². The van der Waals surface area contributed by atoms with Crippen LogP contribution in [0, 0.1) is 13.8 Å². The number of ketones is 4. The molecule has 0 saturated carbocycles. The molecule has 7 aromatic carbocycles. The van der Waals surface area contributed by atoms with Gasteiger partial charge >= 0.3 is 0 Å². The lowest BCUT2D eigenvalue weighted by Gasteiger charge is -2.38. The number of para-hydroxylation sites is 1. The van der Waals surface area contributed by atoms with Gasteiger partial charge in [-0.25, -0.2) is 44.6 Å². The lowest BCUT2D eigenvalue weighted by molar-refractivity contribution is 0.104. The Bertz CT molecular complexity index is 5920. The molecule has 8 heterocycles. The van der Waals surface area contributed by atoms with E-state index in [2.05, 4.69) is 73.0 Å². The van der Waals surface area contributed by atoms with Crippen molar-refractivity contribution in [3.63, 3.8) is 0 Å². The monoisotopic (exact) mass is 1500 g/mol. The molecule has 0 spiro atoms. The number of aromatic nitrogens is 4. The molecule has 0 amide bonds.